The third-order valence-electron chi connectivity index (χ3n) is 6.82. The van der Waals surface area contributed by atoms with Gasteiger partial charge in [-0.15, -0.1) is 0 Å². The number of likely N-dealkylation sites (tertiary alicyclic amines) is 1. The van der Waals surface area contributed by atoms with Crippen LogP contribution >= 0.6 is 0 Å². The molecular weight excluding hydrogens is 412 g/mol. The number of aryl methyl sites for hydroxylation is 2. The zero-order valence-electron chi connectivity index (χ0n) is 20.0. The van der Waals surface area contributed by atoms with Crippen LogP contribution in [0.2, 0.25) is 0 Å². The minimum atomic E-state index is -0.176. The van der Waals surface area contributed by atoms with Gasteiger partial charge in [-0.25, -0.2) is 0 Å². The predicted molar refractivity (Wildman–Crippen MR) is 130 cm³/mol. The number of imide groups is 1. The first-order valence-corrected chi connectivity index (χ1v) is 12.0. The van der Waals surface area contributed by atoms with Crippen LogP contribution in [0.15, 0.2) is 54.2 Å². The van der Waals surface area contributed by atoms with Crippen LogP contribution in [0, 0.1) is 19.8 Å². The van der Waals surface area contributed by atoms with E-state index in [4.69, 9.17) is 4.74 Å². The van der Waals surface area contributed by atoms with Crippen LogP contribution in [0.25, 0.3) is 5.57 Å². The van der Waals surface area contributed by atoms with Gasteiger partial charge in [0.2, 0.25) is 0 Å². The first-order chi connectivity index (χ1) is 16.0. The third kappa shape index (κ3) is 5.03. The molecule has 0 bridgehead atoms. The van der Waals surface area contributed by atoms with E-state index in [-0.39, 0.29) is 11.8 Å². The SMILES string of the molecule is COCCCN1C(=O)C(c2ccc(C)cc2C)=C(N2CCC(Cc3ccccc3)CC2)C1=O. The number of ether oxygens (including phenoxy) is 1. The van der Waals surface area contributed by atoms with Crippen LogP contribution in [0.3, 0.4) is 0 Å². The van der Waals surface area contributed by atoms with Crippen LogP contribution in [-0.2, 0) is 20.7 Å². The summed E-state index contributed by atoms with van der Waals surface area (Å²) in [6, 6.07) is 16.7. The highest BCUT2D eigenvalue weighted by molar-refractivity contribution is 6.35. The molecule has 2 aromatic carbocycles. The molecule has 1 saturated heterocycles. The summed E-state index contributed by atoms with van der Waals surface area (Å²) in [5.74, 6) is 0.260. The number of methoxy groups -OCH3 is 1. The van der Waals surface area contributed by atoms with Crippen LogP contribution in [-0.4, -0.2) is 55.0 Å². The highest BCUT2D eigenvalue weighted by Gasteiger charge is 2.42. The lowest BCUT2D eigenvalue weighted by atomic mass is 9.89. The van der Waals surface area contributed by atoms with Crippen molar-refractivity contribution in [2.45, 2.75) is 39.5 Å². The minimum absolute atomic E-state index is 0.160. The monoisotopic (exact) mass is 446 g/mol. The molecule has 0 unspecified atom stereocenters. The van der Waals surface area contributed by atoms with Gasteiger partial charge in [-0.1, -0.05) is 54.1 Å². The van der Waals surface area contributed by atoms with Crippen molar-refractivity contribution >= 4 is 17.4 Å². The maximum Gasteiger partial charge on any atom is 0.277 e. The molecule has 0 radical (unpaired) electrons. The number of carbonyl (C=O) groups excluding carboxylic acids is 2. The molecule has 5 heteroatoms. The summed E-state index contributed by atoms with van der Waals surface area (Å²) < 4.78 is 5.15. The van der Waals surface area contributed by atoms with Crippen molar-refractivity contribution in [1.29, 1.82) is 0 Å². The summed E-state index contributed by atoms with van der Waals surface area (Å²) in [6.45, 7) is 6.56. The molecule has 4 rings (SSSR count). The Hall–Kier alpha value is -2.92. The maximum atomic E-state index is 13.5. The minimum Gasteiger partial charge on any atom is -0.385 e. The van der Waals surface area contributed by atoms with Gasteiger partial charge in [0.25, 0.3) is 11.8 Å². The number of rotatable bonds is 8. The quantitative estimate of drug-likeness (QED) is 0.446. The summed E-state index contributed by atoms with van der Waals surface area (Å²) in [4.78, 5) is 30.6. The van der Waals surface area contributed by atoms with E-state index in [1.807, 2.05) is 32.0 Å². The van der Waals surface area contributed by atoms with Gasteiger partial charge >= 0.3 is 0 Å². The Labute approximate surface area is 197 Å². The van der Waals surface area contributed by atoms with Gasteiger partial charge in [-0.2, -0.15) is 0 Å². The first kappa shape index (κ1) is 23.2. The average Bonchev–Trinajstić information content (AvgIpc) is 3.05. The second-order valence-electron chi connectivity index (χ2n) is 9.27. The van der Waals surface area contributed by atoms with Crippen LogP contribution in [0.5, 0.6) is 0 Å². The van der Waals surface area contributed by atoms with E-state index in [9.17, 15) is 9.59 Å². The van der Waals surface area contributed by atoms with Crippen molar-refractivity contribution in [1.82, 2.24) is 9.80 Å². The standard InChI is InChI=1S/C28H34N2O3/c1-20-10-11-24(21(2)18-20)25-26(28(32)30(27(25)31)14-7-17-33-3)29-15-12-23(13-16-29)19-22-8-5-4-6-9-22/h4-6,8-11,18,23H,7,12-17,19H2,1-3H3. The number of piperidine rings is 1. The topological polar surface area (TPSA) is 49.9 Å². The number of hydrogen-bond acceptors (Lipinski definition) is 4. The van der Waals surface area contributed by atoms with Crippen molar-refractivity contribution in [2.24, 2.45) is 5.92 Å². The maximum absolute atomic E-state index is 13.5. The number of carbonyl (C=O) groups is 2. The molecule has 2 aromatic rings. The van der Waals surface area contributed by atoms with E-state index in [0.29, 0.717) is 36.8 Å². The van der Waals surface area contributed by atoms with Crippen molar-refractivity contribution in [3.05, 3.63) is 76.5 Å². The van der Waals surface area contributed by atoms with E-state index < -0.39 is 0 Å². The fourth-order valence-corrected chi connectivity index (χ4v) is 5.07. The molecule has 0 atom stereocenters. The Bertz CT molecular complexity index is 1040. The van der Waals surface area contributed by atoms with Gasteiger partial charge in [0, 0.05) is 33.4 Å². The molecular formula is C28H34N2O3. The lowest BCUT2D eigenvalue weighted by Gasteiger charge is -2.34. The number of benzene rings is 2. The van der Waals surface area contributed by atoms with Gasteiger partial charge in [-0.05, 0) is 62.1 Å². The molecule has 0 aromatic heterocycles. The second kappa shape index (κ2) is 10.3. The third-order valence-corrected chi connectivity index (χ3v) is 6.82. The van der Waals surface area contributed by atoms with Crippen LogP contribution in [0.1, 0.15) is 41.5 Å². The molecule has 0 N–H and O–H groups in total. The smallest absolute Gasteiger partial charge is 0.277 e. The molecule has 2 heterocycles. The van der Waals surface area contributed by atoms with E-state index in [2.05, 4.69) is 35.2 Å². The Kier molecular flexibility index (Phi) is 7.29. The zero-order chi connectivity index (χ0) is 23.4. The van der Waals surface area contributed by atoms with E-state index >= 15 is 0 Å². The van der Waals surface area contributed by atoms with Gasteiger partial charge in [0.15, 0.2) is 0 Å². The normalized spacial score (nSPS) is 17.4. The van der Waals surface area contributed by atoms with Crippen LogP contribution in [0.4, 0.5) is 0 Å². The first-order valence-electron chi connectivity index (χ1n) is 12.0. The summed E-state index contributed by atoms with van der Waals surface area (Å²) in [7, 11) is 1.64. The Morgan fingerprint density at radius 2 is 1.70 bits per heavy atom. The molecule has 2 aliphatic rings. The van der Waals surface area contributed by atoms with Gasteiger partial charge in [0.05, 0.1) is 5.57 Å². The Balaban J connectivity index is 1.58. The molecule has 0 saturated carbocycles. The summed E-state index contributed by atoms with van der Waals surface area (Å²) in [6.07, 6.45) is 3.74. The van der Waals surface area contributed by atoms with Gasteiger partial charge < -0.3 is 9.64 Å². The summed E-state index contributed by atoms with van der Waals surface area (Å²) in [5.41, 5.74) is 5.56. The average molecular weight is 447 g/mol. The predicted octanol–water partition coefficient (Wildman–Crippen LogP) is 4.37. The number of nitrogens with zero attached hydrogens (tertiary/aromatic N) is 2. The molecule has 174 valence electrons. The molecule has 5 nitrogen and oxygen atoms in total. The van der Waals surface area contributed by atoms with Gasteiger partial charge in [0.1, 0.15) is 5.70 Å². The van der Waals surface area contributed by atoms with Crippen molar-refractivity contribution in [3.63, 3.8) is 0 Å². The fraction of sp³-hybridized carbons (Fsp3) is 0.429. The lowest BCUT2D eigenvalue weighted by molar-refractivity contribution is -0.137. The highest BCUT2D eigenvalue weighted by atomic mass is 16.5. The fourth-order valence-electron chi connectivity index (χ4n) is 5.07. The molecule has 2 amide bonds. The highest BCUT2D eigenvalue weighted by Crippen LogP contribution is 2.36. The van der Waals surface area contributed by atoms with Crippen molar-refractivity contribution in [2.75, 3.05) is 33.4 Å². The molecule has 0 spiro atoms. The lowest BCUT2D eigenvalue weighted by Crippen LogP contribution is -2.39. The van der Waals surface area contributed by atoms with E-state index in [1.165, 1.54) is 10.5 Å². The molecule has 33 heavy (non-hydrogen) atoms. The van der Waals surface area contributed by atoms with Crippen molar-refractivity contribution in [3.8, 4) is 0 Å². The van der Waals surface area contributed by atoms with E-state index in [1.54, 1.807) is 7.11 Å². The summed E-state index contributed by atoms with van der Waals surface area (Å²) >= 11 is 0. The second-order valence-corrected chi connectivity index (χ2v) is 9.27. The molecule has 2 aliphatic heterocycles. The molecule has 1 fully saturated rings. The van der Waals surface area contributed by atoms with Crippen molar-refractivity contribution < 1.29 is 14.3 Å². The van der Waals surface area contributed by atoms with Crippen LogP contribution < -0.4 is 0 Å². The Morgan fingerprint density at radius 1 is 0.970 bits per heavy atom. The Morgan fingerprint density at radius 3 is 2.36 bits per heavy atom. The zero-order valence-corrected chi connectivity index (χ0v) is 20.0. The summed E-state index contributed by atoms with van der Waals surface area (Å²) in [5, 5.41) is 0. The van der Waals surface area contributed by atoms with E-state index in [0.717, 1.165) is 49.0 Å². The number of amides is 2. The largest absolute Gasteiger partial charge is 0.385 e. The van der Waals surface area contributed by atoms with Gasteiger partial charge in [-0.3, -0.25) is 14.5 Å². The molecule has 0 aliphatic carbocycles. The number of hydrogen-bond donors (Lipinski definition) is 0.